The lowest BCUT2D eigenvalue weighted by Crippen LogP contribution is -2.49. The number of hydrogen-bond donors (Lipinski definition) is 3. The molecule has 166 valence electrons. The summed E-state index contributed by atoms with van der Waals surface area (Å²) in [6.07, 6.45) is 1.08. The van der Waals surface area contributed by atoms with Gasteiger partial charge in [0.2, 0.25) is 10.0 Å². The third kappa shape index (κ3) is 5.43. The first-order valence-electron chi connectivity index (χ1n) is 10.4. The molecule has 0 bridgehead atoms. The van der Waals surface area contributed by atoms with Crippen LogP contribution in [0.1, 0.15) is 12.0 Å². The van der Waals surface area contributed by atoms with Crippen molar-refractivity contribution < 1.29 is 8.42 Å². The molecule has 3 aromatic rings. The van der Waals surface area contributed by atoms with Crippen LogP contribution in [0.15, 0.2) is 47.4 Å². The van der Waals surface area contributed by atoms with Crippen molar-refractivity contribution in [2.75, 3.05) is 44.6 Å². The molecule has 9 heteroatoms. The zero-order chi connectivity index (χ0) is 22.0. The summed E-state index contributed by atoms with van der Waals surface area (Å²) in [7, 11) is -3.70. The molecule has 0 saturated carbocycles. The minimum Gasteiger partial charge on any atom is -0.385 e. The predicted molar refractivity (Wildman–Crippen MR) is 129 cm³/mol. The number of piperazine rings is 1. The van der Waals surface area contributed by atoms with Crippen molar-refractivity contribution in [3.8, 4) is 10.4 Å². The zero-order valence-electron chi connectivity index (χ0n) is 17.7. The van der Waals surface area contributed by atoms with Crippen molar-refractivity contribution >= 4 is 37.1 Å². The molecule has 0 spiro atoms. The van der Waals surface area contributed by atoms with Gasteiger partial charge >= 0.3 is 0 Å². The fourth-order valence-electron chi connectivity index (χ4n) is 3.84. The molecular formula is C22H29N5O2S2. The summed E-state index contributed by atoms with van der Waals surface area (Å²) in [4.78, 5) is 3.72. The van der Waals surface area contributed by atoms with E-state index in [1.54, 1.807) is 23.5 Å². The molecule has 0 atom stereocenters. The van der Waals surface area contributed by atoms with Crippen LogP contribution in [0.5, 0.6) is 0 Å². The average Bonchev–Trinajstić information content (AvgIpc) is 3.16. The molecule has 1 saturated heterocycles. The molecule has 1 aromatic heterocycles. The van der Waals surface area contributed by atoms with Gasteiger partial charge in [0.05, 0.1) is 4.90 Å². The third-order valence-electron chi connectivity index (χ3n) is 5.71. The molecule has 7 nitrogen and oxygen atoms in total. The van der Waals surface area contributed by atoms with E-state index in [9.17, 15) is 8.42 Å². The number of nitrogens with two attached hydrogens (primary N) is 2. The van der Waals surface area contributed by atoms with Gasteiger partial charge in [-0.1, -0.05) is 12.1 Å². The number of nitrogens with zero attached hydrogens (tertiary/aromatic N) is 2. The van der Waals surface area contributed by atoms with Crippen molar-refractivity contribution in [3.63, 3.8) is 0 Å². The standard InChI is InChI=1S/C22H29N5O2S2/c1-16-3-5-18(25-7-2-8-26-9-11-27(23)12-10-26)14-20(16)22-13-17-4-6-19(31(24,28)29)15-21(17)30-22/h3-6,13-15,25H,2,7-12,23H2,1H3,(H2,24,28,29). The fraction of sp³-hybridized carbons (Fsp3) is 0.364. The van der Waals surface area contributed by atoms with Gasteiger partial charge in [0.15, 0.2) is 0 Å². The van der Waals surface area contributed by atoms with E-state index in [-0.39, 0.29) is 4.90 Å². The quantitative estimate of drug-likeness (QED) is 0.371. The molecule has 0 radical (unpaired) electrons. The topological polar surface area (TPSA) is 105 Å². The van der Waals surface area contributed by atoms with Crippen LogP contribution in [0.2, 0.25) is 0 Å². The fourth-order valence-corrected chi connectivity index (χ4v) is 5.64. The van der Waals surface area contributed by atoms with Crippen molar-refractivity contribution in [1.82, 2.24) is 9.91 Å². The highest BCUT2D eigenvalue weighted by atomic mass is 32.2. The summed E-state index contributed by atoms with van der Waals surface area (Å²) in [5.41, 5.74) is 3.43. The second-order valence-corrected chi connectivity index (χ2v) is 10.7. The second kappa shape index (κ2) is 9.23. The van der Waals surface area contributed by atoms with Crippen LogP contribution in [0.25, 0.3) is 20.5 Å². The third-order valence-corrected chi connectivity index (χ3v) is 7.75. The van der Waals surface area contributed by atoms with Crippen molar-refractivity contribution in [1.29, 1.82) is 0 Å². The Hall–Kier alpha value is -2.01. The maximum Gasteiger partial charge on any atom is 0.238 e. The summed E-state index contributed by atoms with van der Waals surface area (Å²) in [5.74, 6) is 5.82. The van der Waals surface area contributed by atoms with E-state index >= 15 is 0 Å². The van der Waals surface area contributed by atoms with Gasteiger partial charge in [-0.25, -0.2) is 18.6 Å². The van der Waals surface area contributed by atoms with Gasteiger partial charge in [-0.15, -0.1) is 11.3 Å². The number of hydrogen-bond acceptors (Lipinski definition) is 7. The molecule has 31 heavy (non-hydrogen) atoms. The van der Waals surface area contributed by atoms with E-state index in [1.807, 2.05) is 11.1 Å². The van der Waals surface area contributed by atoms with Crippen LogP contribution in [-0.4, -0.2) is 57.6 Å². The highest BCUT2D eigenvalue weighted by Crippen LogP contribution is 2.37. The molecule has 1 aliphatic heterocycles. The Bertz CT molecular complexity index is 1170. The highest BCUT2D eigenvalue weighted by Gasteiger charge is 2.14. The lowest BCUT2D eigenvalue weighted by atomic mass is 10.1. The van der Waals surface area contributed by atoms with Gasteiger partial charge in [0.1, 0.15) is 0 Å². The molecule has 1 aliphatic rings. The van der Waals surface area contributed by atoms with Crippen LogP contribution in [0.3, 0.4) is 0 Å². The first kappa shape index (κ1) is 22.2. The molecule has 2 aromatic carbocycles. The monoisotopic (exact) mass is 459 g/mol. The maximum absolute atomic E-state index is 11.7. The van der Waals surface area contributed by atoms with E-state index in [0.29, 0.717) is 0 Å². The molecule has 0 amide bonds. The van der Waals surface area contributed by atoms with E-state index in [2.05, 4.69) is 41.4 Å². The van der Waals surface area contributed by atoms with E-state index in [1.165, 1.54) is 5.56 Å². The Labute approximate surface area is 187 Å². The Balaban J connectivity index is 1.44. The minimum atomic E-state index is -3.70. The molecule has 0 unspecified atom stereocenters. The number of primary sulfonamides is 1. The average molecular weight is 460 g/mol. The summed E-state index contributed by atoms with van der Waals surface area (Å²) in [6.45, 7) is 8.01. The van der Waals surface area contributed by atoms with E-state index in [0.717, 1.165) is 71.9 Å². The number of aryl methyl sites for hydroxylation is 1. The van der Waals surface area contributed by atoms with Crippen LogP contribution >= 0.6 is 11.3 Å². The van der Waals surface area contributed by atoms with Crippen LogP contribution < -0.4 is 16.3 Å². The van der Waals surface area contributed by atoms with Gasteiger partial charge < -0.3 is 10.2 Å². The minimum absolute atomic E-state index is 0.147. The Morgan fingerprint density at radius 1 is 1.06 bits per heavy atom. The number of sulfonamides is 1. The number of anilines is 1. The van der Waals surface area contributed by atoms with Gasteiger partial charge in [0.25, 0.3) is 0 Å². The number of benzene rings is 2. The SMILES string of the molecule is Cc1ccc(NCCCN2CCN(N)CC2)cc1-c1cc2ccc(S(N)(=O)=O)cc2s1. The summed E-state index contributed by atoms with van der Waals surface area (Å²) in [6, 6.07) is 13.5. The Kier molecular flexibility index (Phi) is 6.61. The van der Waals surface area contributed by atoms with Gasteiger partial charge in [0, 0.05) is 48.0 Å². The van der Waals surface area contributed by atoms with Gasteiger partial charge in [-0.05, 0) is 66.7 Å². The second-order valence-electron chi connectivity index (χ2n) is 8.04. The zero-order valence-corrected chi connectivity index (χ0v) is 19.3. The normalized spacial score (nSPS) is 16.1. The van der Waals surface area contributed by atoms with Crippen molar-refractivity contribution in [2.45, 2.75) is 18.2 Å². The summed E-state index contributed by atoms with van der Waals surface area (Å²) >= 11 is 1.58. The first-order chi connectivity index (χ1) is 14.8. The Morgan fingerprint density at radius 3 is 2.58 bits per heavy atom. The molecule has 1 fully saturated rings. The smallest absolute Gasteiger partial charge is 0.238 e. The lowest BCUT2D eigenvalue weighted by molar-refractivity contribution is 0.133. The number of hydrazine groups is 1. The predicted octanol–water partition coefficient (Wildman–Crippen LogP) is 2.82. The van der Waals surface area contributed by atoms with E-state index in [4.69, 9.17) is 11.0 Å². The largest absolute Gasteiger partial charge is 0.385 e. The number of thiophene rings is 1. The summed E-state index contributed by atoms with van der Waals surface area (Å²) < 4.78 is 24.2. The van der Waals surface area contributed by atoms with Gasteiger partial charge in [-0.3, -0.25) is 5.84 Å². The van der Waals surface area contributed by atoms with Gasteiger partial charge in [-0.2, -0.15) is 0 Å². The van der Waals surface area contributed by atoms with Crippen LogP contribution in [0.4, 0.5) is 5.69 Å². The van der Waals surface area contributed by atoms with Crippen molar-refractivity contribution in [2.24, 2.45) is 11.0 Å². The van der Waals surface area contributed by atoms with Crippen molar-refractivity contribution in [3.05, 3.63) is 48.0 Å². The molecule has 0 aliphatic carbocycles. The first-order valence-corrected chi connectivity index (χ1v) is 12.8. The number of rotatable bonds is 7. The molecule has 2 heterocycles. The molecular weight excluding hydrogens is 430 g/mol. The molecule has 5 N–H and O–H groups in total. The highest BCUT2D eigenvalue weighted by molar-refractivity contribution is 7.89. The van der Waals surface area contributed by atoms with E-state index < -0.39 is 10.0 Å². The van der Waals surface area contributed by atoms with Crippen LogP contribution in [-0.2, 0) is 10.0 Å². The number of nitrogens with one attached hydrogen (secondary N) is 1. The van der Waals surface area contributed by atoms with Crippen LogP contribution in [0, 0.1) is 6.92 Å². The lowest BCUT2D eigenvalue weighted by Gasteiger charge is -2.31. The summed E-state index contributed by atoms with van der Waals surface area (Å²) in [5, 5.41) is 11.7. The molecule has 4 rings (SSSR count). The maximum atomic E-state index is 11.7. The Morgan fingerprint density at radius 2 is 1.84 bits per heavy atom. The number of fused-ring (bicyclic) bond motifs is 1.